The highest BCUT2D eigenvalue weighted by atomic mass is 19.1. The molecule has 3 N–H and O–H groups in total. The summed E-state index contributed by atoms with van der Waals surface area (Å²) >= 11 is 0. The van der Waals surface area contributed by atoms with Crippen LogP contribution >= 0.6 is 0 Å². The van der Waals surface area contributed by atoms with Crippen molar-refractivity contribution in [2.75, 3.05) is 19.0 Å². The van der Waals surface area contributed by atoms with Crippen LogP contribution in [0.3, 0.4) is 0 Å². The Bertz CT molecular complexity index is 472. The van der Waals surface area contributed by atoms with Gasteiger partial charge in [-0.3, -0.25) is 0 Å². The summed E-state index contributed by atoms with van der Waals surface area (Å²) < 4.78 is 31.5. The third kappa shape index (κ3) is 5.18. The van der Waals surface area contributed by atoms with E-state index >= 15 is 0 Å². The van der Waals surface area contributed by atoms with Crippen molar-refractivity contribution in [3.05, 3.63) is 23.8 Å². The summed E-state index contributed by atoms with van der Waals surface area (Å²) in [6, 6.07) is 0.854. The number of carbonyl (C=O) groups is 1. The van der Waals surface area contributed by atoms with Gasteiger partial charge in [-0.05, 0) is 12.3 Å². The maximum Gasteiger partial charge on any atom is 0.319 e. The van der Waals surface area contributed by atoms with Gasteiger partial charge in [0, 0.05) is 17.8 Å². The van der Waals surface area contributed by atoms with Crippen LogP contribution in [0.1, 0.15) is 20.3 Å². The minimum Gasteiger partial charge on any atom is -0.491 e. The van der Waals surface area contributed by atoms with E-state index in [0.717, 1.165) is 19.2 Å². The molecule has 0 aliphatic carbocycles. The van der Waals surface area contributed by atoms with E-state index in [1.54, 1.807) is 0 Å². The fraction of sp³-hybridized carbons (Fsp3) is 0.500. The first-order valence-electron chi connectivity index (χ1n) is 6.58. The molecule has 1 aromatic rings. The fourth-order valence-electron chi connectivity index (χ4n) is 1.93. The molecule has 0 bridgehead atoms. The van der Waals surface area contributed by atoms with Crippen molar-refractivity contribution in [2.45, 2.75) is 26.3 Å². The quantitative estimate of drug-likeness (QED) is 0.756. The molecule has 0 spiro atoms. The number of urea groups is 1. The Morgan fingerprint density at radius 1 is 1.33 bits per heavy atom. The second-order valence-corrected chi connectivity index (χ2v) is 5.08. The van der Waals surface area contributed by atoms with Gasteiger partial charge in [0.25, 0.3) is 0 Å². The highest BCUT2D eigenvalue weighted by Crippen LogP contribution is 2.25. The predicted octanol–water partition coefficient (Wildman–Crippen LogP) is 2.50. The molecule has 7 heteroatoms. The third-order valence-electron chi connectivity index (χ3n) is 2.77. The zero-order valence-electron chi connectivity index (χ0n) is 12.2. The molecule has 5 nitrogen and oxygen atoms in total. The molecule has 0 fully saturated rings. The SMILES string of the molecule is COc1c(F)cc(NC(=O)NC(CO)CC(C)C)cc1F. The standard InChI is InChI=1S/C14H20F2N2O3/c1-8(2)4-10(7-19)18-14(20)17-9-5-11(15)13(21-3)12(16)6-9/h5-6,8,10,19H,4,7H2,1-3H3,(H2,17,18,20). The Morgan fingerprint density at radius 2 is 1.90 bits per heavy atom. The maximum atomic E-state index is 13.5. The van der Waals surface area contributed by atoms with E-state index in [1.807, 2.05) is 13.8 Å². The van der Waals surface area contributed by atoms with Crippen LogP contribution < -0.4 is 15.4 Å². The van der Waals surface area contributed by atoms with Gasteiger partial charge in [-0.15, -0.1) is 0 Å². The first kappa shape index (κ1) is 17.2. The zero-order chi connectivity index (χ0) is 16.0. The maximum absolute atomic E-state index is 13.5. The third-order valence-corrected chi connectivity index (χ3v) is 2.77. The van der Waals surface area contributed by atoms with Crippen molar-refractivity contribution in [3.63, 3.8) is 0 Å². The number of hydrogen-bond acceptors (Lipinski definition) is 3. The number of halogens is 2. The number of nitrogens with one attached hydrogen (secondary N) is 2. The Labute approximate surface area is 122 Å². The smallest absolute Gasteiger partial charge is 0.319 e. The van der Waals surface area contributed by atoms with Crippen LogP contribution in [0.4, 0.5) is 19.3 Å². The molecule has 0 saturated heterocycles. The van der Waals surface area contributed by atoms with Crippen LogP contribution in [0.2, 0.25) is 0 Å². The number of carbonyl (C=O) groups excluding carboxylic acids is 1. The number of amides is 2. The normalized spacial score (nSPS) is 12.1. The van der Waals surface area contributed by atoms with Crippen LogP contribution in [0.25, 0.3) is 0 Å². The molecule has 1 unspecified atom stereocenters. The first-order valence-corrected chi connectivity index (χ1v) is 6.58. The van der Waals surface area contributed by atoms with Gasteiger partial charge in [-0.1, -0.05) is 13.8 Å². The highest BCUT2D eigenvalue weighted by molar-refractivity contribution is 5.89. The number of benzene rings is 1. The second-order valence-electron chi connectivity index (χ2n) is 5.08. The summed E-state index contributed by atoms with van der Waals surface area (Å²) in [5, 5.41) is 14.0. The Kier molecular flexibility index (Phi) is 6.36. The fourth-order valence-corrected chi connectivity index (χ4v) is 1.93. The Balaban J connectivity index is 2.70. The summed E-state index contributed by atoms with van der Waals surface area (Å²) in [5.41, 5.74) is -0.0375. The lowest BCUT2D eigenvalue weighted by atomic mass is 10.0. The van der Waals surface area contributed by atoms with E-state index in [0.29, 0.717) is 12.3 Å². The van der Waals surface area contributed by atoms with Crippen LogP contribution in [-0.4, -0.2) is 30.9 Å². The molecule has 0 saturated carbocycles. The van der Waals surface area contributed by atoms with Gasteiger partial charge in [0.05, 0.1) is 19.8 Å². The van der Waals surface area contributed by atoms with Crippen LogP contribution in [0, 0.1) is 17.6 Å². The van der Waals surface area contributed by atoms with Crippen molar-refractivity contribution in [1.29, 1.82) is 0 Å². The minimum atomic E-state index is -0.909. The molecule has 1 atom stereocenters. The van der Waals surface area contributed by atoms with Gasteiger partial charge >= 0.3 is 6.03 Å². The summed E-state index contributed by atoms with van der Waals surface area (Å²) in [6.45, 7) is 3.70. The summed E-state index contributed by atoms with van der Waals surface area (Å²) in [5.74, 6) is -2.03. The van der Waals surface area contributed by atoms with E-state index in [1.165, 1.54) is 0 Å². The molecule has 118 valence electrons. The van der Waals surface area contributed by atoms with Crippen LogP contribution in [-0.2, 0) is 0 Å². The van der Waals surface area contributed by atoms with Gasteiger partial charge in [-0.2, -0.15) is 0 Å². The monoisotopic (exact) mass is 302 g/mol. The second kappa shape index (κ2) is 7.78. The van der Waals surface area contributed by atoms with Crippen molar-refractivity contribution in [3.8, 4) is 5.75 Å². The van der Waals surface area contributed by atoms with E-state index < -0.39 is 29.5 Å². The van der Waals surface area contributed by atoms with Gasteiger partial charge < -0.3 is 20.5 Å². The first-order chi connectivity index (χ1) is 9.87. The summed E-state index contributed by atoms with van der Waals surface area (Å²) in [4.78, 5) is 11.7. The molecule has 0 aromatic heterocycles. The molecule has 0 aliphatic rings. The number of ether oxygens (including phenoxy) is 1. The van der Waals surface area contributed by atoms with Crippen LogP contribution in [0.5, 0.6) is 5.75 Å². The minimum absolute atomic E-state index is 0.0375. The number of rotatable bonds is 6. The van der Waals surface area contributed by atoms with Crippen molar-refractivity contribution in [1.82, 2.24) is 5.32 Å². The lowest BCUT2D eigenvalue weighted by Crippen LogP contribution is -2.41. The molecular weight excluding hydrogens is 282 g/mol. The van der Waals surface area contributed by atoms with Crippen molar-refractivity contribution >= 4 is 11.7 Å². The molecule has 1 aromatic carbocycles. The number of hydrogen-bond donors (Lipinski definition) is 3. The average Bonchev–Trinajstić information content (AvgIpc) is 2.36. The molecule has 0 radical (unpaired) electrons. The zero-order valence-corrected chi connectivity index (χ0v) is 12.2. The molecular formula is C14H20F2N2O3. The lowest BCUT2D eigenvalue weighted by Gasteiger charge is -2.18. The van der Waals surface area contributed by atoms with Crippen LogP contribution in [0.15, 0.2) is 12.1 Å². The van der Waals surface area contributed by atoms with Gasteiger partial charge in [0.2, 0.25) is 0 Å². The van der Waals surface area contributed by atoms with Crippen molar-refractivity contribution in [2.24, 2.45) is 5.92 Å². The average molecular weight is 302 g/mol. The Hall–Kier alpha value is -1.89. The molecule has 1 rings (SSSR count). The largest absolute Gasteiger partial charge is 0.491 e. The summed E-state index contributed by atoms with van der Waals surface area (Å²) in [6.07, 6.45) is 0.593. The number of methoxy groups -OCH3 is 1. The molecule has 0 aliphatic heterocycles. The Morgan fingerprint density at radius 3 is 2.33 bits per heavy atom. The molecule has 2 amide bonds. The van der Waals surface area contributed by atoms with E-state index in [9.17, 15) is 13.6 Å². The number of aliphatic hydroxyl groups excluding tert-OH is 1. The van der Waals surface area contributed by atoms with Gasteiger partial charge in [0.15, 0.2) is 17.4 Å². The van der Waals surface area contributed by atoms with Gasteiger partial charge in [0.1, 0.15) is 0 Å². The van der Waals surface area contributed by atoms with E-state index in [-0.39, 0.29) is 12.3 Å². The van der Waals surface area contributed by atoms with Crippen molar-refractivity contribution < 1.29 is 23.4 Å². The lowest BCUT2D eigenvalue weighted by molar-refractivity contribution is 0.214. The predicted molar refractivity (Wildman–Crippen MR) is 75.4 cm³/mol. The van der Waals surface area contributed by atoms with E-state index in [2.05, 4.69) is 15.4 Å². The topological polar surface area (TPSA) is 70.6 Å². The van der Waals surface area contributed by atoms with Gasteiger partial charge in [-0.25, -0.2) is 13.6 Å². The molecule has 0 heterocycles. The number of aliphatic hydroxyl groups is 1. The highest BCUT2D eigenvalue weighted by Gasteiger charge is 2.15. The van der Waals surface area contributed by atoms with E-state index in [4.69, 9.17) is 5.11 Å². The molecule has 21 heavy (non-hydrogen) atoms. The number of anilines is 1. The summed E-state index contributed by atoms with van der Waals surface area (Å²) in [7, 11) is 1.15.